The van der Waals surface area contributed by atoms with Crippen molar-refractivity contribution >= 4 is 27.7 Å². The van der Waals surface area contributed by atoms with Crippen LogP contribution in [0.4, 0.5) is 0 Å². The summed E-state index contributed by atoms with van der Waals surface area (Å²) in [6.45, 7) is 7.07. The maximum Gasteiger partial charge on any atom is 0.261 e. The highest BCUT2D eigenvalue weighted by molar-refractivity contribution is 7.99. The third-order valence-electron chi connectivity index (χ3n) is 5.21. The number of amides is 1. The second kappa shape index (κ2) is 11.3. The molecule has 32 heavy (non-hydrogen) atoms. The van der Waals surface area contributed by atoms with Crippen molar-refractivity contribution in [1.29, 1.82) is 0 Å². The van der Waals surface area contributed by atoms with Crippen molar-refractivity contribution in [3.8, 4) is 0 Å². The van der Waals surface area contributed by atoms with E-state index in [1.165, 1.54) is 18.0 Å². The van der Waals surface area contributed by atoms with Crippen LogP contribution in [0.25, 0.3) is 0 Å². The number of nitrogens with zero attached hydrogens (tertiary/aromatic N) is 1. The van der Waals surface area contributed by atoms with Gasteiger partial charge < -0.3 is 4.74 Å². The van der Waals surface area contributed by atoms with Crippen molar-refractivity contribution in [2.24, 2.45) is 0 Å². The SMILES string of the molecule is Cc1ccc(Sc2ccc(S(=O)(=O)N[C@H](C)C(=O)NO)c(CCN3CCOCC3)c2)cc1. The number of rotatable bonds is 9. The number of ether oxygens (including phenoxy) is 1. The summed E-state index contributed by atoms with van der Waals surface area (Å²) in [5.74, 6) is -0.824. The van der Waals surface area contributed by atoms with Crippen LogP contribution in [-0.2, 0) is 26.0 Å². The number of carbonyl (C=O) groups is 1. The fourth-order valence-corrected chi connectivity index (χ4v) is 5.70. The average Bonchev–Trinajstić information content (AvgIpc) is 2.79. The number of hydrogen-bond donors (Lipinski definition) is 3. The smallest absolute Gasteiger partial charge is 0.261 e. The van der Waals surface area contributed by atoms with Crippen molar-refractivity contribution < 1.29 is 23.2 Å². The number of aryl methyl sites for hydroxylation is 1. The lowest BCUT2D eigenvalue weighted by Crippen LogP contribution is -2.44. The number of sulfonamides is 1. The Balaban J connectivity index is 1.86. The number of hydrogen-bond acceptors (Lipinski definition) is 7. The van der Waals surface area contributed by atoms with Crippen LogP contribution in [0.15, 0.2) is 57.2 Å². The van der Waals surface area contributed by atoms with Gasteiger partial charge in [-0.2, -0.15) is 4.72 Å². The van der Waals surface area contributed by atoms with Gasteiger partial charge in [-0.15, -0.1) is 0 Å². The normalized spacial score (nSPS) is 16.0. The van der Waals surface area contributed by atoms with Crippen molar-refractivity contribution in [3.63, 3.8) is 0 Å². The van der Waals surface area contributed by atoms with Crippen molar-refractivity contribution in [2.75, 3.05) is 32.8 Å². The molecule has 0 unspecified atom stereocenters. The molecule has 1 atom stereocenters. The fourth-order valence-electron chi connectivity index (χ4n) is 3.37. The average molecular weight is 480 g/mol. The summed E-state index contributed by atoms with van der Waals surface area (Å²) in [6.07, 6.45) is 0.541. The molecule has 0 radical (unpaired) electrons. The van der Waals surface area contributed by atoms with E-state index >= 15 is 0 Å². The Morgan fingerprint density at radius 1 is 1.16 bits per heavy atom. The van der Waals surface area contributed by atoms with Gasteiger partial charge >= 0.3 is 0 Å². The molecule has 2 aromatic rings. The van der Waals surface area contributed by atoms with Gasteiger partial charge in [0.25, 0.3) is 5.91 Å². The van der Waals surface area contributed by atoms with E-state index in [4.69, 9.17) is 9.94 Å². The third-order valence-corrected chi connectivity index (χ3v) is 7.85. The van der Waals surface area contributed by atoms with E-state index in [0.29, 0.717) is 31.7 Å². The monoisotopic (exact) mass is 479 g/mol. The van der Waals surface area contributed by atoms with Gasteiger partial charge in [0, 0.05) is 29.4 Å². The molecule has 1 aliphatic rings. The number of morpholine rings is 1. The van der Waals surface area contributed by atoms with E-state index in [1.807, 2.05) is 37.3 Å². The zero-order valence-corrected chi connectivity index (χ0v) is 19.8. The van der Waals surface area contributed by atoms with E-state index < -0.39 is 22.0 Å². The van der Waals surface area contributed by atoms with Crippen LogP contribution in [0.3, 0.4) is 0 Å². The first-order valence-corrected chi connectivity index (χ1v) is 12.7. The second-order valence-electron chi connectivity index (χ2n) is 7.71. The van der Waals surface area contributed by atoms with Crippen molar-refractivity contribution in [2.45, 2.75) is 41.0 Å². The van der Waals surface area contributed by atoms with Gasteiger partial charge in [-0.1, -0.05) is 29.5 Å². The molecular weight excluding hydrogens is 450 g/mol. The molecule has 1 fully saturated rings. The molecule has 3 rings (SSSR count). The Morgan fingerprint density at radius 3 is 2.47 bits per heavy atom. The van der Waals surface area contributed by atoms with Crippen molar-refractivity contribution in [1.82, 2.24) is 15.1 Å². The summed E-state index contributed by atoms with van der Waals surface area (Å²) in [7, 11) is -3.97. The van der Waals surface area contributed by atoms with E-state index in [-0.39, 0.29) is 4.90 Å². The molecule has 2 aromatic carbocycles. The molecule has 0 aromatic heterocycles. The Hall–Kier alpha value is -1.95. The van der Waals surface area contributed by atoms with Gasteiger partial charge in [0.2, 0.25) is 10.0 Å². The first-order valence-electron chi connectivity index (χ1n) is 10.4. The molecule has 0 aliphatic carbocycles. The van der Waals surface area contributed by atoms with Gasteiger partial charge in [-0.25, -0.2) is 13.9 Å². The molecule has 1 aliphatic heterocycles. The molecule has 174 valence electrons. The first-order chi connectivity index (χ1) is 15.3. The first kappa shape index (κ1) is 24.7. The van der Waals surface area contributed by atoms with Crippen molar-refractivity contribution in [3.05, 3.63) is 53.6 Å². The van der Waals surface area contributed by atoms with E-state index in [0.717, 1.165) is 22.9 Å². The quantitative estimate of drug-likeness (QED) is 0.374. The Bertz CT molecular complexity index is 1020. The minimum Gasteiger partial charge on any atom is -0.379 e. The number of carbonyl (C=O) groups excluding carboxylic acids is 1. The lowest BCUT2D eigenvalue weighted by Gasteiger charge is -2.27. The van der Waals surface area contributed by atoms with Crippen LogP contribution in [-0.4, -0.2) is 63.3 Å². The van der Waals surface area contributed by atoms with Crippen LogP contribution < -0.4 is 10.2 Å². The highest BCUT2D eigenvalue weighted by Gasteiger charge is 2.25. The van der Waals surface area contributed by atoms with Crippen LogP contribution in [0, 0.1) is 6.92 Å². The Labute approximate surface area is 193 Å². The van der Waals surface area contributed by atoms with E-state index in [1.54, 1.807) is 23.9 Å². The molecule has 1 heterocycles. The minimum atomic E-state index is -3.97. The molecule has 1 amide bonds. The summed E-state index contributed by atoms with van der Waals surface area (Å²) in [4.78, 5) is 16.0. The predicted octanol–water partition coefficient (Wildman–Crippen LogP) is 2.19. The van der Waals surface area contributed by atoms with Gasteiger partial charge in [0.15, 0.2) is 0 Å². The second-order valence-corrected chi connectivity index (χ2v) is 10.5. The predicted molar refractivity (Wildman–Crippen MR) is 122 cm³/mol. The van der Waals surface area contributed by atoms with Gasteiger partial charge in [0.1, 0.15) is 6.04 Å². The number of hydroxylamine groups is 1. The molecular formula is C22H29N3O5S2. The Morgan fingerprint density at radius 2 is 1.81 bits per heavy atom. The third kappa shape index (κ3) is 6.77. The maximum absolute atomic E-state index is 13.0. The summed E-state index contributed by atoms with van der Waals surface area (Å²) in [5.41, 5.74) is 3.33. The standard InChI is InChI=1S/C22H29N3O5S2/c1-16-3-5-19(6-4-16)31-20-7-8-21(32(28,29)24-17(2)22(26)23-27)18(15-20)9-10-25-11-13-30-14-12-25/h3-8,15,17,24,27H,9-14H2,1-2H3,(H,23,26)/t17-/m1/s1. The fraction of sp³-hybridized carbons (Fsp3) is 0.409. The summed E-state index contributed by atoms with van der Waals surface area (Å²) in [6, 6.07) is 12.3. The van der Waals surface area contributed by atoms with Crippen LogP contribution >= 0.6 is 11.8 Å². The van der Waals surface area contributed by atoms with Gasteiger partial charge in [-0.05, 0) is 56.2 Å². The summed E-state index contributed by atoms with van der Waals surface area (Å²) in [5, 5.41) is 8.80. The molecule has 3 N–H and O–H groups in total. The lowest BCUT2D eigenvalue weighted by molar-refractivity contribution is -0.130. The molecule has 1 saturated heterocycles. The highest BCUT2D eigenvalue weighted by atomic mass is 32.2. The van der Waals surface area contributed by atoms with E-state index in [9.17, 15) is 13.2 Å². The minimum absolute atomic E-state index is 0.136. The molecule has 8 nitrogen and oxygen atoms in total. The maximum atomic E-state index is 13.0. The van der Waals surface area contributed by atoms with Crippen LogP contribution in [0.5, 0.6) is 0 Å². The summed E-state index contributed by atoms with van der Waals surface area (Å²) >= 11 is 1.57. The summed E-state index contributed by atoms with van der Waals surface area (Å²) < 4.78 is 33.8. The zero-order chi connectivity index (χ0) is 23.1. The van der Waals surface area contributed by atoms with Crippen LogP contribution in [0.1, 0.15) is 18.1 Å². The number of benzene rings is 2. The zero-order valence-electron chi connectivity index (χ0n) is 18.2. The molecule has 0 spiro atoms. The lowest BCUT2D eigenvalue weighted by atomic mass is 10.1. The van der Waals surface area contributed by atoms with Gasteiger partial charge in [-0.3, -0.25) is 14.9 Å². The Kier molecular flexibility index (Phi) is 8.69. The largest absolute Gasteiger partial charge is 0.379 e. The van der Waals surface area contributed by atoms with E-state index in [2.05, 4.69) is 9.62 Å². The molecule has 10 heteroatoms. The molecule has 0 bridgehead atoms. The number of nitrogens with one attached hydrogen (secondary N) is 2. The highest BCUT2D eigenvalue weighted by Crippen LogP contribution is 2.31. The van der Waals surface area contributed by atoms with Gasteiger partial charge in [0.05, 0.1) is 18.1 Å². The molecule has 0 saturated carbocycles. The topological polar surface area (TPSA) is 108 Å². The van der Waals surface area contributed by atoms with Crippen LogP contribution in [0.2, 0.25) is 0 Å².